The number of nitrogens with one attached hydrogen (secondary N) is 1. The second-order valence-electron chi connectivity index (χ2n) is 8.87. The fourth-order valence-corrected chi connectivity index (χ4v) is 3.88. The third-order valence-corrected chi connectivity index (χ3v) is 5.70. The van der Waals surface area contributed by atoms with Crippen LogP contribution in [-0.2, 0) is 20.7 Å². The van der Waals surface area contributed by atoms with E-state index >= 15 is 0 Å². The Bertz CT molecular complexity index is 766. The summed E-state index contributed by atoms with van der Waals surface area (Å²) < 4.78 is 42.1. The van der Waals surface area contributed by atoms with Crippen LogP contribution in [0.15, 0.2) is 24.3 Å². The lowest BCUT2D eigenvalue weighted by atomic mass is 9.96. The summed E-state index contributed by atoms with van der Waals surface area (Å²) >= 11 is 0. The SMILES string of the molecule is CCOC(Cc1ccc(OCCN(CCOCC(C)(F)F)C(=O)NC2CCCCC2)cc1)C(=O)O. The molecule has 2 amide bonds. The van der Waals surface area contributed by atoms with Gasteiger partial charge in [0.05, 0.1) is 13.2 Å². The molecule has 8 nitrogen and oxygen atoms in total. The van der Waals surface area contributed by atoms with Gasteiger partial charge in [0.15, 0.2) is 6.10 Å². The fourth-order valence-electron chi connectivity index (χ4n) is 3.88. The molecular weight excluding hydrogens is 462 g/mol. The van der Waals surface area contributed by atoms with Crippen molar-refractivity contribution in [3.05, 3.63) is 29.8 Å². The van der Waals surface area contributed by atoms with E-state index in [-0.39, 0.29) is 44.8 Å². The number of halogens is 2. The molecule has 1 aromatic rings. The van der Waals surface area contributed by atoms with E-state index in [1.54, 1.807) is 31.2 Å². The van der Waals surface area contributed by atoms with Crippen molar-refractivity contribution in [2.24, 2.45) is 0 Å². The number of carboxylic acid groups (broad SMARTS) is 1. The molecule has 0 bridgehead atoms. The minimum absolute atomic E-state index is 0.000782. The molecule has 0 radical (unpaired) electrons. The van der Waals surface area contributed by atoms with Crippen LogP contribution in [0.3, 0.4) is 0 Å². The molecule has 10 heteroatoms. The zero-order valence-corrected chi connectivity index (χ0v) is 20.6. The summed E-state index contributed by atoms with van der Waals surface area (Å²) in [7, 11) is 0. The van der Waals surface area contributed by atoms with Gasteiger partial charge in [0.25, 0.3) is 5.92 Å². The molecule has 1 aliphatic rings. The van der Waals surface area contributed by atoms with Crippen molar-refractivity contribution in [3.63, 3.8) is 0 Å². The molecule has 35 heavy (non-hydrogen) atoms. The minimum Gasteiger partial charge on any atom is -0.492 e. The van der Waals surface area contributed by atoms with Crippen LogP contribution in [0.1, 0.15) is 51.5 Å². The number of urea groups is 1. The van der Waals surface area contributed by atoms with Gasteiger partial charge in [0.1, 0.15) is 19.0 Å². The molecule has 1 aliphatic carbocycles. The third-order valence-electron chi connectivity index (χ3n) is 5.70. The Morgan fingerprint density at radius 1 is 1.14 bits per heavy atom. The van der Waals surface area contributed by atoms with Gasteiger partial charge in [-0.05, 0) is 37.5 Å². The molecule has 2 rings (SSSR count). The van der Waals surface area contributed by atoms with Gasteiger partial charge in [-0.3, -0.25) is 0 Å². The van der Waals surface area contributed by atoms with Crippen molar-refractivity contribution >= 4 is 12.0 Å². The van der Waals surface area contributed by atoms with Crippen LogP contribution < -0.4 is 10.1 Å². The molecule has 0 aromatic heterocycles. The Labute approximate surface area is 205 Å². The molecule has 0 saturated heterocycles. The van der Waals surface area contributed by atoms with Crippen LogP contribution in [0.5, 0.6) is 5.75 Å². The highest BCUT2D eigenvalue weighted by Gasteiger charge is 2.23. The highest BCUT2D eigenvalue weighted by atomic mass is 19.3. The summed E-state index contributed by atoms with van der Waals surface area (Å²) in [6.45, 7) is 2.80. The monoisotopic (exact) mass is 500 g/mol. The Hall–Kier alpha value is -2.46. The summed E-state index contributed by atoms with van der Waals surface area (Å²) in [4.78, 5) is 25.6. The maximum atomic E-state index is 13.0. The number of alkyl halides is 2. The first-order chi connectivity index (χ1) is 16.7. The summed E-state index contributed by atoms with van der Waals surface area (Å²) in [5.74, 6) is -3.35. The predicted octanol–water partition coefficient (Wildman–Crippen LogP) is 4.11. The van der Waals surface area contributed by atoms with Gasteiger partial charge in [-0.2, -0.15) is 0 Å². The van der Waals surface area contributed by atoms with Crippen molar-refractivity contribution in [2.45, 2.75) is 70.4 Å². The van der Waals surface area contributed by atoms with E-state index in [1.807, 2.05) is 0 Å². The van der Waals surface area contributed by atoms with Gasteiger partial charge in [0, 0.05) is 32.5 Å². The van der Waals surface area contributed by atoms with Gasteiger partial charge < -0.3 is 29.5 Å². The molecule has 0 aliphatic heterocycles. The minimum atomic E-state index is -2.92. The number of ether oxygens (including phenoxy) is 3. The topological polar surface area (TPSA) is 97.3 Å². The first kappa shape index (κ1) is 28.8. The zero-order chi connectivity index (χ0) is 25.7. The van der Waals surface area contributed by atoms with E-state index in [9.17, 15) is 23.5 Å². The van der Waals surface area contributed by atoms with E-state index in [0.717, 1.165) is 38.2 Å². The van der Waals surface area contributed by atoms with Crippen LogP contribution in [0.4, 0.5) is 13.6 Å². The molecular formula is C25H38F2N2O6. The number of aliphatic carboxylic acids is 1. The van der Waals surface area contributed by atoms with Gasteiger partial charge in [-0.15, -0.1) is 0 Å². The average Bonchev–Trinajstić information content (AvgIpc) is 2.81. The third kappa shape index (κ3) is 11.7. The molecule has 1 saturated carbocycles. The number of amides is 2. The number of nitrogens with zero attached hydrogens (tertiary/aromatic N) is 1. The van der Waals surface area contributed by atoms with Gasteiger partial charge in [0.2, 0.25) is 0 Å². The molecule has 1 atom stereocenters. The standard InChI is InChI=1S/C25H38F2N2O6/c1-3-34-22(23(30)31)17-19-9-11-21(12-10-19)35-16-14-29(13-15-33-18-25(2,26)27)24(32)28-20-7-5-4-6-8-20/h9-12,20,22H,3-8,13-18H2,1-2H3,(H,28,32)(H,30,31). The van der Waals surface area contributed by atoms with Crippen LogP contribution in [0, 0.1) is 0 Å². The van der Waals surface area contributed by atoms with Gasteiger partial charge >= 0.3 is 12.0 Å². The highest BCUT2D eigenvalue weighted by Crippen LogP contribution is 2.18. The first-order valence-corrected chi connectivity index (χ1v) is 12.2. The smallest absolute Gasteiger partial charge is 0.333 e. The predicted molar refractivity (Wildman–Crippen MR) is 127 cm³/mol. The lowest BCUT2D eigenvalue weighted by molar-refractivity contribution is -0.149. The quantitative estimate of drug-likeness (QED) is 0.352. The second-order valence-corrected chi connectivity index (χ2v) is 8.87. The molecule has 1 fully saturated rings. The molecule has 2 N–H and O–H groups in total. The van der Waals surface area contributed by atoms with Crippen LogP contribution >= 0.6 is 0 Å². The summed E-state index contributed by atoms with van der Waals surface area (Å²) in [6.07, 6.45) is 4.55. The molecule has 198 valence electrons. The van der Waals surface area contributed by atoms with Crippen LogP contribution in [-0.4, -0.2) is 79.6 Å². The van der Waals surface area contributed by atoms with E-state index in [2.05, 4.69) is 5.32 Å². The Morgan fingerprint density at radius 3 is 2.40 bits per heavy atom. The number of hydrogen-bond donors (Lipinski definition) is 2. The first-order valence-electron chi connectivity index (χ1n) is 12.2. The van der Waals surface area contributed by atoms with Crippen molar-refractivity contribution in [1.29, 1.82) is 0 Å². The number of carbonyl (C=O) groups is 2. The molecule has 1 unspecified atom stereocenters. The Balaban J connectivity index is 1.86. The van der Waals surface area contributed by atoms with Crippen molar-refractivity contribution in [3.8, 4) is 5.75 Å². The normalized spacial score (nSPS) is 15.4. The molecule has 0 spiro atoms. The number of benzene rings is 1. The highest BCUT2D eigenvalue weighted by molar-refractivity contribution is 5.74. The largest absolute Gasteiger partial charge is 0.492 e. The van der Waals surface area contributed by atoms with E-state index < -0.39 is 24.6 Å². The average molecular weight is 501 g/mol. The molecule has 1 aromatic carbocycles. The maximum absolute atomic E-state index is 13.0. The number of rotatable bonds is 15. The van der Waals surface area contributed by atoms with Crippen LogP contribution in [0.25, 0.3) is 0 Å². The van der Waals surface area contributed by atoms with Crippen molar-refractivity contribution < 1.29 is 37.7 Å². The van der Waals surface area contributed by atoms with E-state index in [0.29, 0.717) is 12.4 Å². The van der Waals surface area contributed by atoms with Crippen molar-refractivity contribution in [1.82, 2.24) is 10.2 Å². The second kappa shape index (κ2) is 14.8. The van der Waals surface area contributed by atoms with E-state index in [4.69, 9.17) is 14.2 Å². The summed E-state index contributed by atoms with van der Waals surface area (Å²) in [5, 5.41) is 12.3. The Kier molecular flexibility index (Phi) is 12.2. The number of carbonyl (C=O) groups excluding carboxylic acids is 1. The number of carboxylic acids is 1. The van der Waals surface area contributed by atoms with Crippen molar-refractivity contribution in [2.75, 3.05) is 39.5 Å². The lowest BCUT2D eigenvalue weighted by Gasteiger charge is -2.28. The maximum Gasteiger partial charge on any atom is 0.333 e. The summed E-state index contributed by atoms with van der Waals surface area (Å²) in [6, 6.07) is 6.89. The Morgan fingerprint density at radius 2 is 1.80 bits per heavy atom. The lowest BCUT2D eigenvalue weighted by Crippen LogP contribution is -2.48. The van der Waals surface area contributed by atoms with Crippen LogP contribution in [0.2, 0.25) is 0 Å². The van der Waals surface area contributed by atoms with Gasteiger partial charge in [-0.1, -0.05) is 31.4 Å². The summed E-state index contributed by atoms with van der Waals surface area (Å²) in [5.41, 5.74) is 0.802. The van der Waals surface area contributed by atoms with E-state index in [1.165, 1.54) is 11.3 Å². The molecule has 0 heterocycles. The fraction of sp³-hybridized carbons (Fsp3) is 0.680. The van der Waals surface area contributed by atoms with Gasteiger partial charge in [-0.25, -0.2) is 18.4 Å². The number of hydrogen-bond acceptors (Lipinski definition) is 5. The zero-order valence-electron chi connectivity index (χ0n) is 20.6.